The van der Waals surface area contributed by atoms with Gasteiger partial charge in [-0.2, -0.15) is 0 Å². The molecule has 0 aliphatic carbocycles. The quantitative estimate of drug-likeness (QED) is 0.570. The molecular weight excluding hydrogens is 160 g/mol. The van der Waals surface area contributed by atoms with Crippen LogP contribution in [0.15, 0.2) is 0 Å². The monoisotopic (exact) mass is 171 g/mol. The average molecular weight is 171 g/mol. The first-order valence-electron chi connectivity index (χ1n) is 3.34. The Morgan fingerprint density at radius 2 is 1.82 bits per heavy atom. The summed E-state index contributed by atoms with van der Waals surface area (Å²) in [5.41, 5.74) is 0. The van der Waals surface area contributed by atoms with E-state index in [-0.39, 0.29) is 12.8 Å². The molecule has 0 saturated carbocycles. The average Bonchev–Trinajstić information content (AvgIpc) is 1.85. The van der Waals surface area contributed by atoms with Gasteiger partial charge in [-0.1, -0.05) is 13.3 Å². The Kier molecular flexibility index (Phi) is 3.83. The molecule has 0 amide bonds. The summed E-state index contributed by atoms with van der Waals surface area (Å²) in [7, 11) is 0. The third-order valence-electron chi connectivity index (χ3n) is 1.28. The van der Waals surface area contributed by atoms with Gasteiger partial charge in [-0.25, -0.2) is 17.6 Å². The first-order chi connectivity index (χ1) is 4.89. The summed E-state index contributed by atoms with van der Waals surface area (Å²) in [5, 5.41) is 0. The van der Waals surface area contributed by atoms with E-state index in [0.29, 0.717) is 6.92 Å². The minimum absolute atomic E-state index is 0.123. The molecule has 0 aliphatic rings. The van der Waals surface area contributed by atoms with Crippen molar-refractivity contribution < 1.29 is 17.6 Å². The standard InChI is InChI=1S/C7H11F4/c1-3-4-5(8)6(9)7(2,10)11/h5-6H,1,3-4H2,2H3/t5?,6-/m0/s1. The molecule has 0 nitrogen and oxygen atoms in total. The number of rotatable bonds is 4. The maximum absolute atomic E-state index is 12.4. The zero-order valence-electron chi connectivity index (χ0n) is 6.29. The van der Waals surface area contributed by atoms with Gasteiger partial charge in [-0.3, -0.25) is 0 Å². The molecule has 0 aromatic carbocycles. The molecule has 0 N–H and O–H groups in total. The first kappa shape index (κ1) is 10.7. The van der Waals surface area contributed by atoms with Crippen molar-refractivity contribution in [2.24, 2.45) is 0 Å². The summed E-state index contributed by atoms with van der Waals surface area (Å²) in [5.74, 6) is -3.59. The zero-order valence-corrected chi connectivity index (χ0v) is 6.29. The minimum Gasteiger partial charge on any atom is -0.244 e. The lowest BCUT2D eigenvalue weighted by molar-refractivity contribution is -0.0852. The van der Waals surface area contributed by atoms with Crippen LogP contribution in [-0.4, -0.2) is 18.3 Å². The highest BCUT2D eigenvalue weighted by atomic mass is 19.3. The Bertz CT molecular complexity index is 107. The van der Waals surface area contributed by atoms with Crippen LogP contribution < -0.4 is 0 Å². The molecule has 11 heavy (non-hydrogen) atoms. The molecule has 1 radical (unpaired) electrons. The second kappa shape index (κ2) is 3.93. The van der Waals surface area contributed by atoms with Gasteiger partial charge in [-0.05, 0) is 6.42 Å². The third-order valence-corrected chi connectivity index (χ3v) is 1.28. The molecular formula is C7H11F4. The van der Waals surface area contributed by atoms with E-state index in [9.17, 15) is 17.6 Å². The van der Waals surface area contributed by atoms with Crippen LogP contribution in [0, 0.1) is 6.92 Å². The van der Waals surface area contributed by atoms with Crippen LogP contribution >= 0.6 is 0 Å². The molecule has 67 valence electrons. The van der Waals surface area contributed by atoms with E-state index in [1.54, 1.807) is 0 Å². The van der Waals surface area contributed by atoms with Crippen molar-refractivity contribution in [2.75, 3.05) is 0 Å². The van der Waals surface area contributed by atoms with Gasteiger partial charge in [0.1, 0.15) is 6.17 Å². The Balaban J connectivity index is 3.91. The lowest BCUT2D eigenvalue weighted by atomic mass is 10.1. The van der Waals surface area contributed by atoms with Crippen molar-refractivity contribution in [3.8, 4) is 0 Å². The number of halogens is 4. The van der Waals surface area contributed by atoms with Gasteiger partial charge in [0, 0.05) is 6.92 Å². The van der Waals surface area contributed by atoms with Gasteiger partial charge in [0.05, 0.1) is 0 Å². The SMILES string of the molecule is [CH2]CCC(F)[C@H](F)C(C)(F)F. The summed E-state index contributed by atoms with van der Waals surface area (Å²) in [6, 6.07) is 0. The van der Waals surface area contributed by atoms with E-state index in [4.69, 9.17) is 0 Å². The molecule has 1 unspecified atom stereocenters. The van der Waals surface area contributed by atoms with Crippen molar-refractivity contribution in [3.05, 3.63) is 6.92 Å². The largest absolute Gasteiger partial charge is 0.278 e. The van der Waals surface area contributed by atoms with Crippen LogP contribution in [0.5, 0.6) is 0 Å². The highest BCUT2D eigenvalue weighted by Gasteiger charge is 2.40. The Morgan fingerprint density at radius 3 is 2.09 bits per heavy atom. The Labute approximate surface area is 63.6 Å². The fourth-order valence-corrected chi connectivity index (χ4v) is 0.659. The van der Waals surface area contributed by atoms with Gasteiger partial charge in [0.2, 0.25) is 0 Å². The van der Waals surface area contributed by atoms with Crippen LogP contribution in [0.1, 0.15) is 19.8 Å². The van der Waals surface area contributed by atoms with E-state index < -0.39 is 18.3 Å². The number of alkyl halides is 4. The molecule has 0 aromatic heterocycles. The highest BCUT2D eigenvalue weighted by molar-refractivity contribution is 4.79. The van der Waals surface area contributed by atoms with Crippen LogP contribution in [0.4, 0.5) is 17.6 Å². The maximum atomic E-state index is 12.4. The second-order valence-electron chi connectivity index (χ2n) is 2.52. The molecule has 4 heteroatoms. The lowest BCUT2D eigenvalue weighted by Crippen LogP contribution is -2.34. The number of hydrogen-bond acceptors (Lipinski definition) is 0. The first-order valence-corrected chi connectivity index (χ1v) is 3.34. The van der Waals surface area contributed by atoms with E-state index in [0.717, 1.165) is 0 Å². The summed E-state index contributed by atoms with van der Waals surface area (Å²) in [6.45, 7) is 3.61. The topological polar surface area (TPSA) is 0 Å². The predicted octanol–water partition coefficient (Wildman–Crippen LogP) is 2.93. The molecule has 0 aromatic rings. The zero-order chi connectivity index (χ0) is 9.07. The molecule has 0 fully saturated rings. The van der Waals surface area contributed by atoms with Crippen molar-refractivity contribution in [1.29, 1.82) is 0 Å². The molecule has 0 heterocycles. The van der Waals surface area contributed by atoms with Gasteiger partial charge >= 0.3 is 0 Å². The van der Waals surface area contributed by atoms with Gasteiger partial charge in [0.15, 0.2) is 6.17 Å². The molecule has 2 atom stereocenters. The van der Waals surface area contributed by atoms with Crippen molar-refractivity contribution in [1.82, 2.24) is 0 Å². The smallest absolute Gasteiger partial charge is 0.244 e. The maximum Gasteiger partial charge on any atom is 0.278 e. The predicted molar refractivity (Wildman–Crippen MR) is 35.0 cm³/mol. The minimum atomic E-state index is -3.59. The fourth-order valence-electron chi connectivity index (χ4n) is 0.659. The summed E-state index contributed by atoms with van der Waals surface area (Å²) < 4.78 is 48.8. The number of hydrogen-bond donors (Lipinski definition) is 0. The van der Waals surface area contributed by atoms with Crippen LogP contribution in [-0.2, 0) is 0 Å². The highest BCUT2D eigenvalue weighted by Crippen LogP contribution is 2.26. The van der Waals surface area contributed by atoms with Gasteiger partial charge < -0.3 is 0 Å². The van der Waals surface area contributed by atoms with E-state index in [1.807, 2.05) is 0 Å². The molecule has 0 saturated heterocycles. The summed E-state index contributed by atoms with van der Waals surface area (Å²) in [4.78, 5) is 0. The molecule has 0 bridgehead atoms. The van der Waals surface area contributed by atoms with Crippen LogP contribution in [0.3, 0.4) is 0 Å². The Hall–Kier alpha value is -0.280. The molecule has 0 aliphatic heterocycles. The molecule has 0 rings (SSSR count). The van der Waals surface area contributed by atoms with E-state index in [1.165, 1.54) is 0 Å². The third kappa shape index (κ3) is 3.58. The lowest BCUT2D eigenvalue weighted by Gasteiger charge is -2.18. The van der Waals surface area contributed by atoms with E-state index >= 15 is 0 Å². The summed E-state index contributed by atoms with van der Waals surface area (Å²) >= 11 is 0. The van der Waals surface area contributed by atoms with Crippen LogP contribution in [0.2, 0.25) is 0 Å². The van der Waals surface area contributed by atoms with Crippen molar-refractivity contribution in [2.45, 2.75) is 38.0 Å². The summed E-state index contributed by atoms with van der Waals surface area (Å²) in [6.07, 6.45) is -4.95. The van der Waals surface area contributed by atoms with Gasteiger partial charge in [0.25, 0.3) is 5.92 Å². The van der Waals surface area contributed by atoms with Gasteiger partial charge in [-0.15, -0.1) is 0 Å². The fraction of sp³-hybridized carbons (Fsp3) is 0.857. The van der Waals surface area contributed by atoms with Crippen molar-refractivity contribution >= 4 is 0 Å². The second-order valence-corrected chi connectivity index (χ2v) is 2.52. The molecule has 0 spiro atoms. The Morgan fingerprint density at radius 1 is 1.36 bits per heavy atom. The van der Waals surface area contributed by atoms with Crippen molar-refractivity contribution in [3.63, 3.8) is 0 Å². The normalized spacial score (nSPS) is 18.0. The van der Waals surface area contributed by atoms with E-state index in [2.05, 4.69) is 6.92 Å². The van der Waals surface area contributed by atoms with Crippen LogP contribution in [0.25, 0.3) is 0 Å².